The highest BCUT2D eigenvalue weighted by Gasteiger charge is 2.26. The van der Waals surface area contributed by atoms with Gasteiger partial charge in [-0.15, -0.1) is 0 Å². The Balaban J connectivity index is 1.60. The van der Waals surface area contributed by atoms with E-state index in [-0.39, 0.29) is 34.5 Å². The number of amides is 4. The summed E-state index contributed by atoms with van der Waals surface area (Å²) in [5, 5.41) is 5.50. The van der Waals surface area contributed by atoms with E-state index in [4.69, 9.17) is 11.6 Å². The molecule has 1 heterocycles. The van der Waals surface area contributed by atoms with Crippen LogP contribution in [0.5, 0.6) is 0 Å². The van der Waals surface area contributed by atoms with Crippen LogP contribution in [0.1, 0.15) is 34.6 Å². The molecule has 164 valence electrons. The molecular formula is C22H24ClFN4O3. The summed E-state index contributed by atoms with van der Waals surface area (Å²) in [6.45, 7) is 5.10. The number of carbonyl (C=O) groups is 3. The van der Waals surface area contributed by atoms with Gasteiger partial charge in [0.2, 0.25) is 0 Å². The number of anilines is 1. The Labute approximate surface area is 185 Å². The van der Waals surface area contributed by atoms with Crippen LogP contribution in [0.2, 0.25) is 5.02 Å². The van der Waals surface area contributed by atoms with E-state index in [2.05, 4.69) is 10.6 Å². The maximum Gasteiger partial charge on any atom is 0.319 e. The molecule has 0 radical (unpaired) electrons. The molecule has 1 fully saturated rings. The number of urea groups is 1. The number of nitrogens with one attached hydrogen (secondary N) is 2. The maximum absolute atomic E-state index is 13.2. The van der Waals surface area contributed by atoms with Crippen LogP contribution in [0.25, 0.3) is 0 Å². The Hall–Kier alpha value is -3.13. The van der Waals surface area contributed by atoms with Gasteiger partial charge in [0.1, 0.15) is 5.82 Å². The molecule has 2 N–H and O–H groups in total. The summed E-state index contributed by atoms with van der Waals surface area (Å²) in [6.07, 6.45) is 0. The predicted octanol–water partition coefficient (Wildman–Crippen LogP) is 3.61. The smallest absolute Gasteiger partial charge is 0.319 e. The van der Waals surface area contributed by atoms with Crippen LogP contribution < -0.4 is 10.6 Å². The number of carbonyl (C=O) groups excluding carboxylic acids is 3. The van der Waals surface area contributed by atoms with Crippen LogP contribution in [0.4, 0.5) is 14.9 Å². The lowest BCUT2D eigenvalue weighted by Gasteiger charge is -2.35. The van der Waals surface area contributed by atoms with Crippen LogP contribution in [0.3, 0.4) is 0 Å². The Kier molecular flexibility index (Phi) is 7.12. The zero-order valence-corrected chi connectivity index (χ0v) is 18.1. The van der Waals surface area contributed by atoms with Gasteiger partial charge in [-0.3, -0.25) is 9.59 Å². The van der Waals surface area contributed by atoms with Gasteiger partial charge in [0, 0.05) is 43.5 Å². The molecule has 1 aliphatic heterocycles. The summed E-state index contributed by atoms with van der Waals surface area (Å²) in [4.78, 5) is 40.7. The highest BCUT2D eigenvalue weighted by Crippen LogP contribution is 2.20. The quantitative estimate of drug-likeness (QED) is 0.752. The van der Waals surface area contributed by atoms with Crippen molar-refractivity contribution < 1.29 is 18.8 Å². The fourth-order valence-electron chi connectivity index (χ4n) is 3.29. The molecular weight excluding hydrogens is 423 g/mol. The Morgan fingerprint density at radius 3 is 2.23 bits per heavy atom. The molecule has 2 aromatic rings. The van der Waals surface area contributed by atoms with E-state index in [1.165, 1.54) is 12.1 Å². The first kappa shape index (κ1) is 22.6. The average molecular weight is 447 g/mol. The highest BCUT2D eigenvalue weighted by atomic mass is 35.5. The summed E-state index contributed by atoms with van der Waals surface area (Å²) in [6, 6.07) is 10.0. The molecule has 0 aromatic heterocycles. The third kappa shape index (κ3) is 5.73. The normalized spacial score (nSPS) is 13.8. The van der Waals surface area contributed by atoms with Crippen LogP contribution in [0.15, 0.2) is 42.5 Å². The topological polar surface area (TPSA) is 81.8 Å². The molecule has 0 unspecified atom stereocenters. The van der Waals surface area contributed by atoms with Crippen LogP contribution in [-0.4, -0.2) is 59.9 Å². The maximum atomic E-state index is 13.2. The molecule has 0 aliphatic carbocycles. The monoisotopic (exact) mass is 446 g/mol. The van der Waals surface area contributed by atoms with Crippen molar-refractivity contribution in [3.63, 3.8) is 0 Å². The molecule has 4 amide bonds. The molecule has 31 heavy (non-hydrogen) atoms. The van der Waals surface area contributed by atoms with Crippen molar-refractivity contribution in [1.29, 1.82) is 0 Å². The minimum Gasteiger partial charge on any atom is -0.336 e. The summed E-state index contributed by atoms with van der Waals surface area (Å²) in [7, 11) is 0. The molecule has 0 atom stereocenters. The minimum absolute atomic E-state index is 0.00592. The molecule has 0 spiro atoms. The summed E-state index contributed by atoms with van der Waals surface area (Å²) in [5.74, 6) is -0.977. The SMILES string of the molecule is CC(C)NC(=O)Nc1cccc(C(=O)N2CCN(C(=O)c3ccc(F)cc3Cl)CC2)c1. The fourth-order valence-corrected chi connectivity index (χ4v) is 3.54. The van der Waals surface area contributed by atoms with E-state index < -0.39 is 5.82 Å². The number of nitrogens with zero attached hydrogens (tertiary/aromatic N) is 2. The van der Waals surface area contributed by atoms with Crippen molar-refractivity contribution in [2.45, 2.75) is 19.9 Å². The fraction of sp³-hybridized carbons (Fsp3) is 0.318. The standard InChI is InChI=1S/C22H24ClFN4O3/c1-14(2)25-22(31)26-17-5-3-4-15(12-17)20(29)27-8-10-28(11-9-27)21(30)18-7-6-16(24)13-19(18)23/h3-7,12-14H,8-11H2,1-2H3,(H2,25,26,31). The van der Waals surface area contributed by atoms with Crippen LogP contribution in [-0.2, 0) is 0 Å². The molecule has 3 rings (SSSR count). The molecule has 0 saturated carbocycles. The summed E-state index contributed by atoms with van der Waals surface area (Å²) >= 11 is 5.99. The van der Waals surface area contributed by atoms with Gasteiger partial charge in [-0.05, 0) is 50.2 Å². The molecule has 2 aromatic carbocycles. The Bertz CT molecular complexity index is 990. The second-order valence-electron chi connectivity index (χ2n) is 7.54. The first-order valence-corrected chi connectivity index (χ1v) is 10.3. The number of halogens is 2. The van der Waals surface area contributed by atoms with Crippen molar-refractivity contribution in [3.05, 3.63) is 64.4 Å². The lowest BCUT2D eigenvalue weighted by Crippen LogP contribution is -2.50. The van der Waals surface area contributed by atoms with Crippen molar-refractivity contribution >= 4 is 35.1 Å². The van der Waals surface area contributed by atoms with Gasteiger partial charge in [-0.25, -0.2) is 9.18 Å². The number of benzene rings is 2. The van der Waals surface area contributed by atoms with E-state index in [1.54, 1.807) is 34.1 Å². The molecule has 1 saturated heterocycles. The number of hydrogen-bond donors (Lipinski definition) is 2. The van der Waals surface area contributed by atoms with Crippen molar-refractivity contribution in [2.24, 2.45) is 0 Å². The van der Waals surface area contributed by atoms with Gasteiger partial charge in [0.25, 0.3) is 11.8 Å². The minimum atomic E-state index is -0.504. The van der Waals surface area contributed by atoms with Gasteiger partial charge in [-0.1, -0.05) is 17.7 Å². The largest absolute Gasteiger partial charge is 0.336 e. The van der Waals surface area contributed by atoms with Gasteiger partial charge < -0.3 is 20.4 Å². The van der Waals surface area contributed by atoms with E-state index in [0.717, 1.165) is 6.07 Å². The van der Waals surface area contributed by atoms with E-state index in [9.17, 15) is 18.8 Å². The molecule has 9 heteroatoms. The van der Waals surface area contributed by atoms with E-state index in [0.29, 0.717) is 37.4 Å². The zero-order chi connectivity index (χ0) is 22.5. The first-order chi connectivity index (χ1) is 14.7. The number of piperazine rings is 1. The summed E-state index contributed by atoms with van der Waals surface area (Å²) < 4.78 is 13.2. The van der Waals surface area contributed by atoms with Crippen molar-refractivity contribution in [1.82, 2.24) is 15.1 Å². The lowest BCUT2D eigenvalue weighted by molar-refractivity contribution is 0.0535. The number of hydrogen-bond acceptors (Lipinski definition) is 3. The van der Waals surface area contributed by atoms with Gasteiger partial charge in [0.15, 0.2) is 0 Å². The highest BCUT2D eigenvalue weighted by molar-refractivity contribution is 6.33. The molecule has 1 aliphatic rings. The second-order valence-corrected chi connectivity index (χ2v) is 7.95. The number of rotatable bonds is 4. The second kappa shape index (κ2) is 9.78. The van der Waals surface area contributed by atoms with Crippen LogP contribution in [0, 0.1) is 5.82 Å². The predicted molar refractivity (Wildman–Crippen MR) is 117 cm³/mol. The van der Waals surface area contributed by atoms with Crippen molar-refractivity contribution in [2.75, 3.05) is 31.5 Å². The van der Waals surface area contributed by atoms with E-state index >= 15 is 0 Å². The molecule has 7 nitrogen and oxygen atoms in total. The van der Waals surface area contributed by atoms with E-state index in [1.807, 2.05) is 13.8 Å². The van der Waals surface area contributed by atoms with Crippen LogP contribution >= 0.6 is 11.6 Å². The Morgan fingerprint density at radius 1 is 0.968 bits per heavy atom. The summed E-state index contributed by atoms with van der Waals surface area (Å²) in [5.41, 5.74) is 1.20. The Morgan fingerprint density at radius 2 is 1.61 bits per heavy atom. The average Bonchev–Trinajstić information content (AvgIpc) is 2.72. The molecule has 0 bridgehead atoms. The third-order valence-electron chi connectivity index (χ3n) is 4.80. The third-order valence-corrected chi connectivity index (χ3v) is 5.12. The van der Waals surface area contributed by atoms with Crippen molar-refractivity contribution in [3.8, 4) is 0 Å². The van der Waals surface area contributed by atoms with Gasteiger partial charge in [-0.2, -0.15) is 0 Å². The van der Waals surface area contributed by atoms with Gasteiger partial charge >= 0.3 is 6.03 Å². The lowest BCUT2D eigenvalue weighted by atomic mass is 10.1. The first-order valence-electron chi connectivity index (χ1n) is 9.96. The zero-order valence-electron chi connectivity index (χ0n) is 17.3. The van der Waals surface area contributed by atoms with Gasteiger partial charge in [0.05, 0.1) is 10.6 Å².